The minimum absolute atomic E-state index is 0.0424. The fourth-order valence-corrected chi connectivity index (χ4v) is 3.02. The van der Waals surface area contributed by atoms with Gasteiger partial charge in [-0.15, -0.1) is 5.10 Å². The molecule has 2 aromatic rings. The van der Waals surface area contributed by atoms with E-state index in [1.165, 1.54) is 21.9 Å². The van der Waals surface area contributed by atoms with Crippen molar-refractivity contribution in [3.63, 3.8) is 0 Å². The lowest BCUT2D eigenvalue weighted by Gasteiger charge is -2.10. The van der Waals surface area contributed by atoms with E-state index in [1.807, 2.05) is 38.1 Å². The maximum Gasteiger partial charge on any atom is 0.343 e. The van der Waals surface area contributed by atoms with Crippen LogP contribution in [0.4, 0.5) is 0 Å². The predicted molar refractivity (Wildman–Crippen MR) is 84.0 cm³/mol. The van der Waals surface area contributed by atoms with Gasteiger partial charge in [-0.1, -0.05) is 43.0 Å². The van der Waals surface area contributed by atoms with Gasteiger partial charge in [0.1, 0.15) is 0 Å². The summed E-state index contributed by atoms with van der Waals surface area (Å²) in [6.07, 6.45) is 0.953. The van der Waals surface area contributed by atoms with Crippen LogP contribution < -0.4 is 5.69 Å². The first-order valence-corrected chi connectivity index (χ1v) is 7.89. The van der Waals surface area contributed by atoms with Gasteiger partial charge in [0.2, 0.25) is 0 Å². The maximum atomic E-state index is 12.4. The minimum atomic E-state index is -0.294. The summed E-state index contributed by atoms with van der Waals surface area (Å²) in [5.74, 6) is 0.0424. The summed E-state index contributed by atoms with van der Waals surface area (Å²) in [4.78, 5) is 23.9. The second kappa shape index (κ2) is 6.76. The Hall–Kier alpha value is -1.82. The fraction of sp³-hybridized carbons (Fsp3) is 0.400. The van der Waals surface area contributed by atoms with E-state index in [2.05, 4.69) is 17.1 Å². The zero-order valence-corrected chi connectivity index (χ0v) is 13.2. The van der Waals surface area contributed by atoms with Gasteiger partial charge in [0.05, 0.1) is 5.25 Å². The molecule has 1 aromatic carbocycles. The molecule has 0 spiro atoms. The van der Waals surface area contributed by atoms with Crippen LogP contribution in [0, 0.1) is 0 Å². The van der Waals surface area contributed by atoms with Gasteiger partial charge in [0.25, 0.3) is 0 Å². The van der Waals surface area contributed by atoms with E-state index in [-0.39, 0.29) is 16.7 Å². The molecular weight excluding hydrogens is 286 g/mol. The van der Waals surface area contributed by atoms with E-state index in [1.54, 1.807) is 0 Å². The molecule has 0 amide bonds. The first kappa shape index (κ1) is 15.6. The highest BCUT2D eigenvalue weighted by Gasteiger charge is 2.19. The molecule has 0 bridgehead atoms. The number of rotatable bonds is 6. The van der Waals surface area contributed by atoms with Gasteiger partial charge in [-0.25, -0.2) is 9.89 Å². The number of nitrogens with one attached hydrogen (secondary N) is 1. The lowest BCUT2D eigenvalue weighted by atomic mass is 10.1. The molecule has 0 radical (unpaired) electrons. The Balaban J connectivity index is 2.13. The summed E-state index contributed by atoms with van der Waals surface area (Å²) in [5, 5.41) is 6.63. The molecule has 0 aliphatic carbocycles. The monoisotopic (exact) mass is 305 g/mol. The molecule has 2 rings (SSSR count). The van der Waals surface area contributed by atoms with Gasteiger partial charge in [0.15, 0.2) is 10.9 Å². The van der Waals surface area contributed by atoms with Gasteiger partial charge < -0.3 is 0 Å². The maximum absolute atomic E-state index is 12.4. The van der Waals surface area contributed by atoms with Crippen LogP contribution >= 0.6 is 11.8 Å². The fourth-order valence-electron chi connectivity index (χ4n) is 2.02. The van der Waals surface area contributed by atoms with Gasteiger partial charge in [-0.3, -0.25) is 9.36 Å². The number of aromatic amines is 1. The van der Waals surface area contributed by atoms with Crippen LogP contribution in [-0.4, -0.2) is 25.8 Å². The average Bonchev–Trinajstić information content (AvgIpc) is 2.86. The van der Waals surface area contributed by atoms with E-state index < -0.39 is 0 Å². The van der Waals surface area contributed by atoms with E-state index in [0.29, 0.717) is 17.3 Å². The number of benzene rings is 1. The normalized spacial score (nSPS) is 12.3. The first-order valence-electron chi connectivity index (χ1n) is 7.01. The summed E-state index contributed by atoms with van der Waals surface area (Å²) in [6, 6.07) is 7.66. The molecule has 6 heteroatoms. The molecule has 0 aliphatic rings. The van der Waals surface area contributed by atoms with Crippen molar-refractivity contribution >= 4 is 17.5 Å². The second-order valence-electron chi connectivity index (χ2n) is 4.73. The minimum Gasteiger partial charge on any atom is -0.293 e. The van der Waals surface area contributed by atoms with Gasteiger partial charge >= 0.3 is 5.69 Å². The summed E-state index contributed by atoms with van der Waals surface area (Å²) < 4.78 is 1.52. The molecule has 0 fully saturated rings. The quantitative estimate of drug-likeness (QED) is 0.658. The number of H-pyrrole nitrogens is 1. The van der Waals surface area contributed by atoms with Crippen molar-refractivity contribution < 1.29 is 4.79 Å². The number of ketones is 1. The van der Waals surface area contributed by atoms with Crippen molar-refractivity contribution in [1.29, 1.82) is 0 Å². The average molecular weight is 305 g/mol. The molecule has 112 valence electrons. The van der Waals surface area contributed by atoms with Crippen LogP contribution in [0.1, 0.15) is 36.7 Å². The Morgan fingerprint density at radius 3 is 2.57 bits per heavy atom. The second-order valence-corrected chi connectivity index (χ2v) is 6.04. The molecule has 1 aromatic heterocycles. The number of Topliss-reactive ketones (excluding diaryl/α,β-unsaturated/α-hetero) is 1. The number of thioether (sulfide) groups is 1. The molecular formula is C15H19N3O2S. The summed E-state index contributed by atoms with van der Waals surface area (Å²) in [6.45, 7) is 6.32. The first-order chi connectivity index (χ1) is 10.1. The van der Waals surface area contributed by atoms with Gasteiger partial charge in [-0.2, -0.15) is 0 Å². The van der Waals surface area contributed by atoms with Crippen molar-refractivity contribution in [3.8, 4) is 0 Å². The molecule has 0 saturated heterocycles. The van der Waals surface area contributed by atoms with Crippen LogP contribution in [-0.2, 0) is 13.0 Å². The summed E-state index contributed by atoms with van der Waals surface area (Å²) >= 11 is 1.30. The smallest absolute Gasteiger partial charge is 0.293 e. The lowest BCUT2D eigenvalue weighted by molar-refractivity contribution is 0.0994. The van der Waals surface area contributed by atoms with Crippen LogP contribution in [0.15, 0.2) is 34.2 Å². The van der Waals surface area contributed by atoms with Crippen LogP contribution in [0.3, 0.4) is 0 Å². The van der Waals surface area contributed by atoms with Gasteiger partial charge in [0, 0.05) is 12.1 Å². The molecule has 0 saturated carbocycles. The zero-order chi connectivity index (χ0) is 15.4. The molecule has 1 atom stereocenters. The molecule has 5 nitrogen and oxygen atoms in total. The Bertz CT molecular complexity index is 673. The molecule has 21 heavy (non-hydrogen) atoms. The van der Waals surface area contributed by atoms with Crippen molar-refractivity contribution in [2.75, 3.05) is 0 Å². The number of hydrogen-bond acceptors (Lipinski definition) is 4. The number of nitrogens with zero attached hydrogens (tertiary/aromatic N) is 2. The zero-order valence-electron chi connectivity index (χ0n) is 12.4. The standard InChI is InChI=1S/C15H19N3O2S/c1-4-11-6-8-12(9-7-11)13(19)10(3)21-15-17-16-14(20)18(15)5-2/h6-10H,4-5H2,1-3H3,(H,16,20). The largest absolute Gasteiger partial charge is 0.343 e. The summed E-state index contributed by atoms with van der Waals surface area (Å²) in [7, 11) is 0. The number of hydrogen-bond donors (Lipinski definition) is 1. The Kier molecular flexibility index (Phi) is 5.01. The van der Waals surface area contributed by atoms with Crippen molar-refractivity contribution in [2.24, 2.45) is 0 Å². The van der Waals surface area contributed by atoms with Crippen molar-refractivity contribution in [2.45, 2.75) is 44.1 Å². The van der Waals surface area contributed by atoms with Crippen LogP contribution in [0.2, 0.25) is 0 Å². The summed E-state index contributed by atoms with van der Waals surface area (Å²) in [5.41, 5.74) is 1.65. The highest BCUT2D eigenvalue weighted by Crippen LogP contribution is 2.23. The number of carbonyl (C=O) groups excluding carboxylic acids is 1. The third-order valence-corrected chi connectivity index (χ3v) is 4.43. The lowest BCUT2D eigenvalue weighted by Crippen LogP contribution is -2.18. The third-order valence-electron chi connectivity index (χ3n) is 3.34. The number of carbonyl (C=O) groups is 1. The molecule has 1 N–H and O–H groups in total. The third kappa shape index (κ3) is 3.44. The highest BCUT2D eigenvalue weighted by atomic mass is 32.2. The Labute approximate surface area is 127 Å². The van der Waals surface area contributed by atoms with Crippen LogP contribution in [0.25, 0.3) is 0 Å². The van der Waals surface area contributed by atoms with Crippen molar-refractivity contribution in [3.05, 3.63) is 45.9 Å². The van der Waals surface area contributed by atoms with E-state index in [0.717, 1.165) is 6.42 Å². The number of aromatic nitrogens is 3. The Morgan fingerprint density at radius 1 is 1.33 bits per heavy atom. The van der Waals surface area contributed by atoms with E-state index in [9.17, 15) is 9.59 Å². The van der Waals surface area contributed by atoms with Crippen LogP contribution in [0.5, 0.6) is 0 Å². The van der Waals surface area contributed by atoms with E-state index >= 15 is 0 Å². The SMILES string of the molecule is CCc1ccc(C(=O)C(C)Sc2n[nH]c(=O)n2CC)cc1. The predicted octanol–water partition coefficient (Wildman–Crippen LogP) is 2.52. The van der Waals surface area contributed by atoms with Crippen molar-refractivity contribution in [1.82, 2.24) is 14.8 Å². The van der Waals surface area contributed by atoms with E-state index in [4.69, 9.17) is 0 Å². The Morgan fingerprint density at radius 2 is 2.00 bits per heavy atom. The van der Waals surface area contributed by atoms with Gasteiger partial charge in [-0.05, 0) is 25.8 Å². The molecule has 0 aliphatic heterocycles. The molecule has 1 unspecified atom stereocenters. The molecule has 1 heterocycles. The topological polar surface area (TPSA) is 67.8 Å². The number of aryl methyl sites for hydroxylation is 1. The highest BCUT2D eigenvalue weighted by molar-refractivity contribution is 8.00.